The van der Waals surface area contributed by atoms with Gasteiger partial charge in [0.05, 0.1) is 0 Å². The number of hydrogen-bond donors (Lipinski definition) is 0. The molecule has 0 spiro atoms. The fraction of sp³-hybridized carbons (Fsp3) is 0.583. The molecular weight excluding hydrogens is 254 g/mol. The van der Waals surface area contributed by atoms with Crippen LogP contribution in [0.4, 0.5) is 0 Å². The molecule has 1 aromatic heterocycles. The average molecular weight is 272 g/mol. The number of pyridine rings is 1. The molecule has 1 aromatic rings. The quantitative estimate of drug-likeness (QED) is 0.823. The standard InChI is InChI=1S/C12H18BrNO/c1-4-5-9(2)7-14-8-11(13)6-10(3)12(14)15/h6,8-9H,4-5,7H2,1-3H3. The van der Waals surface area contributed by atoms with Gasteiger partial charge in [-0.25, -0.2) is 0 Å². The molecule has 84 valence electrons. The van der Waals surface area contributed by atoms with Crippen LogP contribution >= 0.6 is 15.9 Å². The van der Waals surface area contributed by atoms with E-state index in [1.165, 1.54) is 6.42 Å². The molecule has 0 saturated carbocycles. The molecule has 1 atom stereocenters. The molecule has 3 heteroatoms. The number of hydrogen-bond acceptors (Lipinski definition) is 1. The fourth-order valence-electron chi connectivity index (χ4n) is 1.80. The molecule has 2 nitrogen and oxygen atoms in total. The molecule has 0 N–H and O–H groups in total. The van der Waals surface area contributed by atoms with Gasteiger partial charge in [0.1, 0.15) is 0 Å². The molecule has 0 saturated heterocycles. The van der Waals surface area contributed by atoms with Gasteiger partial charge >= 0.3 is 0 Å². The normalized spacial score (nSPS) is 12.8. The Morgan fingerprint density at radius 2 is 2.20 bits per heavy atom. The van der Waals surface area contributed by atoms with Crippen molar-refractivity contribution in [3.05, 3.63) is 32.7 Å². The lowest BCUT2D eigenvalue weighted by Gasteiger charge is -2.13. The van der Waals surface area contributed by atoms with Crippen molar-refractivity contribution >= 4 is 15.9 Å². The molecule has 1 unspecified atom stereocenters. The minimum atomic E-state index is 0.126. The van der Waals surface area contributed by atoms with Gasteiger partial charge < -0.3 is 4.57 Å². The van der Waals surface area contributed by atoms with Gasteiger partial charge in [-0.05, 0) is 41.3 Å². The smallest absolute Gasteiger partial charge is 0.253 e. The maximum absolute atomic E-state index is 11.8. The molecule has 1 rings (SSSR count). The summed E-state index contributed by atoms with van der Waals surface area (Å²) in [5.74, 6) is 0.557. The van der Waals surface area contributed by atoms with Crippen LogP contribution in [0.2, 0.25) is 0 Å². The largest absolute Gasteiger partial charge is 0.314 e. The van der Waals surface area contributed by atoms with Gasteiger partial charge in [0.2, 0.25) is 0 Å². The topological polar surface area (TPSA) is 22.0 Å². The Bertz CT molecular complexity index is 384. The summed E-state index contributed by atoms with van der Waals surface area (Å²) in [5.41, 5.74) is 0.925. The number of nitrogens with zero attached hydrogens (tertiary/aromatic N) is 1. The summed E-state index contributed by atoms with van der Waals surface area (Å²) < 4.78 is 2.78. The molecule has 15 heavy (non-hydrogen) atoms. The summed E-state index contributed by atoms with van der Waals surface area (Å²) in [7, 11) is 0. The maximum Gasteiger partial charge on any atom is 0.253 e. The van der Waals surface area contributed by atoms with Crippen molar-refractivity contribution in [3.63, 3.8) is 0 Å². The van der Waals surface area contributed by atoms with Crippen molar-refractivity contribution in [1.82, 2.24) is 4.57 Å². The van der Waals surface area contributed by atoms with Crippen LogP contribution in [0, 0.1) is 12.8 Å². The molecule has 0 bridgehead atoms. The Balaban J connectivity index is 2.90. The van der Waals surface area contributed by atoms with E-state index >= 15 is 0 Å². The van der Waals surface area contributed by atoms with E-state index in [0.717, 1.165) is 23.0 Å². The van der Waals surface area contributed by atoms with Gasteiger partial charge in [-0.15, -0.1) is 0 Å². The molecular formula is C12H18BrNO. The van der Waals surface area contributed by atoms with E-state index < -0.39 is 0 Å². The molecule has 0 fully saturated rings. The summed E-state index contributed by atoms with van der Waals surface area (Å²) >= 11 is 3.42. The summed E-state index contributed by atoms with van der Waals surface area (Å²) in [5, 5.41) is 0. The summed E-state index contributed by atoms with van der Waals surface area (Å²) in [4.78, 5) is 11.8. The third kappa shape index (κ3) is 3.49. The molecule has 0 amide bonds. The third-order valence-electron chi connectivity index (χ3n) is 2.52. The molecule has 0 aliphatic rings. The zero-order valence-corrected chi connectivity index (χ0v) is 11.2. The zero-order chi connectivity index (χ0) is 11.4. The second kappa shape index (κ2) is 5.50. The highest BCUT2D eigenvalue weighted by Crippen LogP contribution is 2.11. The van der Waals surface area contributed by atoms with Gasteiger partial charge in [-0.1, -0.05) is 20.3 Å². The fourth-order valence-corrected chi connectivity index (χ4v) is 2.39. The second-order valence-electron chi connectivity index (χ2n) is 4.19. The lowest BCUT2D eigenvalue weighted by Crippen LogP contribution is -2.24. The van der Waals surface area contributed by atoms with Crippen LogP contribution in [0.15, 0.2) is 21.5 Å². The van der Waals surface area contributed by atoms with Crippen molar-refractivity contribution in [2.45, 2.75) is 40.2 Å². The Morgan fingerprint density at radius 3 is 2.80 bits per heavy atom. The van der Waals surface area contributed by atoms with Crippen LogP contribution < -0.4 is 5.56 Å². The molecule has 0 aliphatic heterocycles. The van der Waals surface area contributed by atoms with Crippen molar-refractivity contribution < 1.29 is 0 Å². The predicted octanol–water partition coefficient (Wildman–Crippen LogP) is 3.36. The second-order valence-corrected chi connectivity index (χ2v) is 5.11. The van der Waals surface area contributed by atoms with Crippen molar-refractivity contribution in [3.8, 4) is 0 Å². The number of aromatic nitrogens is 1. The first-order valence-corrected chi connectivity index (χ1v) is 6.20. The highest BCUT2D eigenvalue weighted by molar-refractivity contribution is 9.10. The molecule has 1 heterocycles. The van der Waals surface area contributed by atoms with Gasteiger partial charge in [0.25, 0.3) is 5.56 Å². The molecule has 0 aliphatic carbocycles. The number of aryl methyl sites for hydroxylation is 1. The van der Waals surface area contributed by atoms with Crippen LogP contribution in [-0.4, -0.2) is 4.57 Å². The van der Waals surface area contributed by atoms with E-state index in [1.54, 1.807) is 4.57 Å². The molecule has 0 radical (unpaired) electrons. The Hall–Kier alpha value is -0.570. The highest BCUT2D eigenvalue weighted by Gasteiger charge is 2.06. The van der Waals surface area contributed by atoms with Gasteiger partial charge in [-0.2, -0.15) is 0 Å². The monoisotopic (exact) mass is 271 g/mol. The van der Waals surface area contributed by atoms with Gasteiger partial charge in [-0.3, -0.25) is 4.79 Å². The van der Waals surface area contributed by atoms with E-state index in [-0.39, 0.29) is 5.56 Å². The summed E-state index contributed by atoms with van der Waals surface area (Å²) in [6.07, 6.45) is 4.21. The van der Waals surface area contributed by atoms with Crippen molar-refractivity contribution in [2.75, 3.05) is 0 Å². The van der Waals surface area contributed by atoms with Gasteiger partial charge in [0.15, 0.2) is 0 Å². The lowest BCUT2D eigenvalue weighted by atomic mass is 10.1. The van der Waals surface area contributed by atoms with Crippen LogP contribution in [0.25, 0.3) is 0 Å². The van der Waals surface area contributed by atoms with Gasteiger partial charge in [0, 0.05) is 22.8 Å². The third-order valence-corrected chi connectivity index (χ3v) is 2.96. The van der Waals surface area contributed by atoms with E-state index in [0.29, 0.717) is 5.92 Å². The summed E-state index contributed by atoms with van der Waals surface area (Å²) in [6, 6.07) is 1.86. The predicted molar refractivity (Wildman–Crippen MR) is 67.2 cm³/mol. The number of rotatable bonds is 4. The Labute approximate surface area is 99.4 Å². The van der Waals surface area contributed by atoms with Crippen molar-refractivity contribution in [2.24, 2.45) is 5.92 Å². The number of halogens is 1. The van der Waals surface area contributed by atoms with E-state index in [1.807, 2.05) is 19.2 Å². The lowest BCUT2D eigenvalue weighted by molar-refractivity contribution is 0.437. The maximum atomic E-state index is 11.8. The molecule has 0 aromatic carbocycles. The van der Waals surface area contributed by atoms with E-state index in [4.69, 9.17) is 0 Å². The van der Waals surface area contributed by atoms with E-state index in [2.05, 4.69) is 29.8 Å². The first kappa shape index (κ1) is 12.5. The average Bonchev–Trinajstić information content (AvgIpc) is 2.13. The SMILES string of the molecule is CCCC(C)Cn1cc(Br)cc(C)c1=O. The van der Waals surface area contributed by atoms with Crippen LogP contribution in [0.5, 0.6) is 0 Å². The summed E-state index contributed by atoms with van der Waals surface area (Å²) in [6.45, 7) is 7.03. The highest BCUT2D eigenvalue weighted by atomic mass is 79.9. The first-order valence-electron chi connectivity index (χ1n) is 5.41. The Kier molecular flexibility index (Phi) is 4.58. The van der Waals surface area contributed by atoms with Crippen LogP contribution in [0.1, 0.15) is 32.3 Å². The first-order chi connectivity index (χ1) is 7.04. The van der Waals surface area contributed by atoms with Crippen LogP contribution in [0.3, 0.4) is 0 Å². The van der Waals surface area contributed by atoms with Crippen molar-refractivity contribution in [1.29, 1.82) is 0 Å². The van der Waals surface area contributed by atoms with E-state index in [9.17, 15) is 4.79 Å². The zero-order valence-electron chi connectivity index (χ0n) is 9.59. The minimum Gasteiger partial charge on any atom is -0.314 e. The van der Waals surface area contributed by atoms with Crippen LogP contribution in [-0.2, 0) is 6.54 Å². The Morgan fingerprint density at radius 1 is 1.53 bits per heavy atom. The minimum absolute atomic E-state index is 0.126.